The van der Waals surface area contributed by atoms with Crippen LogP contribution in [0.4, 0.5) is 0 Å². The number of carbonyl (C=O) groups excluding carboxylic acids is 2. The number of amides is 2. The van der Waals surface area contributed by atoms with Gasteiger partial charge < -0.3 is 19.9 Å². The average molecular weight is 472 g/mol. The van der Waals surface area contributed by atoms with Gasteiger partial charge in [0.15, 0.2) is 0 Å². The van der Waals surface area contributed by atoms with Gasteiger partial charge in [-0.1, -0.05) is 24.6 Å². The number of carbonyl (C=O) groups is 2. The van der Waals surface area contributed by atoms with E-state index in [4.69, 9.17) is 4.74 Å². The molecule has 2 heterocycles. The number of aromatic nitrogens is 1. The average Bonchev–Trinajstić information content (AvgIpc) is 3.37. The van der Waals surface area contributed by atoms with Gasteiger partial charge in [-0.25, -0.2) is 0 Å². The number of nitrogens with zero attached hydrogens (tertiary/aromatic N) is 1. The van der Waals surface area contributed by atoms with E-state index in [1.54, 1.807) is 23.0 Å². The summed E-state index contributed by atoms with van der Waals surface area (Å²) in [5.41, 5.74) is 0.729. The van der Waals surface area contributed by atoms with Crippen LogP contribution in [0.5, 0.6) is 0 Å². The normalized spacial score (nSPS) is 14.4. The smallest absolute Gasteiger partial charge is 0.257 e. The number of hydrogen-bond acceptors (Lipinski definition) is 5. The SMILES string of the molecule is CC[C@H](NC(=O)c1cn(CCOC)cc(C(=O)NCCC2=CCCCC2)c1=O)c1cccs1. The van der Waals surface area contributed by atoms with Gasteiger partial charge in [0.05, 0.1) is 12.6 Å². The van der Waals surface area contributed by atoms with Crippen molar-refractivity contribution in [3.63, 3.8) is 0 Å². The minimum atomic E-state index is -0.559. The molecule has 1 aliphatic rings. The Bertz CT molecular complexity index is 1030. The molecule has 0 radical (unpaired) electrons. The molecule has 0 aliphatic heterocycles. The molecule has 1 aliphatic carbocycles. The van der Waals surface area contributed by atoms with Gasteiger partial charge in [0.2, 0.25) is 5.43 Å². The van der Waals surface area contributed by atoms with E-state index in [9.17, 15) is 14.4 Å². The fourth-order valence-corrected chi connectivity index (χ4v) is 4.81. The monoisotopic (exact) mass is 471 g/mol. The topological polar surface area (TPSA) is 89.4 Å². The summed E-state index contributed by atoms with van der Waals surface area (Å²) in [6, 6.07) is 3.70. The first-order chi connectivity index (χ1) is 16.0. The van der Waals surface area contributed by atoms with Crippen LogP contribution in [0.15, 0.2) is 46.4 Å². The Kier molecular flexibility index (Phi) is 9.45. The molecule has 2 aromatic rings. The zero-order valence-corrected chi connectivity index (χ0v) is 20.2. The molecule has 8 heteroatoms. The quantitative estimate of drug-likeness (QED) is 0.484. The third-order valence-corrected chi connectivity index (χ3v) is 6.82. The Hall–Kier alpha value is -2.71. The van der Waals surface area contributed by atoms with Crippen molar-refractivity contribution in [2.24, 2.45) is 0 Å². The summed E-state index contributed by atoms with van der Waals surface area (Å²) in [5.74, 6) is -0.934. The van der Waals surface area contributed by atoms with Crippen LogP contribution in [0.2, 0.25) is 0 Å². The highest BCUT2D eigenvalue weighted by atomic mass is 32.1. The van der Waals surface area contributed by atoms with Crippen molar-refractivity contribution < 1.29 is 14.3 Å². The first-order valence-electron chi connectivity index (χ1n) is 11.6. The van der Waals surface area contributed by atoms with Crippen molar-refractivity contribution in [3.05, 3.63) is 67.8 Å². The fourth-order valence-electron chi connectivity index (χ4n) is 3.94. The Morgan fingerprint density at radius 2 is 2.00 bits per heavy atom. The molecule has 2 amide bonds. The number of thiophene rings is 1. The zero-order chi connectivity index (χ0) is 23.6. The lowest BCUT2D eigenvalue weighted by Gasteiger charge is -2.17. The van der Waals surface area contributed by atoms with E-state index in [2.05, 4.69) is 16.7 Å². The van der Waals surface area contributed by atoms with E-state index in [1.165, 1.54) is 30.8 Å². The minimum Gasteiger partial charge on any atom is -0.383 e. The Morgan fingerprint density at radius 1 is 1.21 bits per heavy atom. The van der Waals surface area contributed by atoms with E-state index >= 15 is 0 Å². The molecule has 0 unspecified atom stereocenters. The molecule has 0 bridgehead atoms. The predicted molar refractivity (Wildman–Crippen MR) is 131 cm³/mol. The van der Waals surface area contributed by atoms with Crippen molar-refractivity contribution in [3.8, 4) is 0 Å². The molecule has 0 saturated heterocycles. The number of hydrogen-bond donors (Lipinski definition) is 2. The lowest BCUT2D eigenvalue weighted by Crippen LogP contribution is -2.37. The van der Waals surface area contributed by atoms with Crippen molar-refractivity contribution in [2.75, 3.05) is 20.3 Å². The number of allylic oxidation sites excluding steroid dienone is 1. The van der Waals surface area contributed by atoms with Gasteiger partial charge in [-0.15, -0.1) is 11.3 Å². The molecule has 0 aromatic carbocycles. The summed E-state index contributed by atoms with van der Waals surface area (Å²) in [5, 5.41) is 7.76. The molecule has 33 heavy (non-hydrogen) atoms. The number of methoxy groups -OCH3 is 1. The molecule has 0 saturated carbocycles. The maximum Gasteiger partial charge on any atom is 0.257 e. The summed E-state index contributed by atoms with van der Waals surface area (Å²) in [4.78, 5) is 40.1. The van der Waals surface area contributed by atoms with Crippen LogP contribution >= 0.6 is 11.3 Å². The molecule has 7 nitrogen and oxygen atoms in total. The van der Waals surface area contributed by atoms with Crippen LogP contribution in [0.1, 0.15) is 77.1 Å². The number of nitrogens with one attached hydrogen (secondary N) is 2. The van der Waals surface area contributed by atoms with Crippen LogP contribution in [0.3, 0.4) is 0 Å². The van der Waals surface area contributed by atoms with E-state index < -0.39 is 17.2 Å². The van der Waals surface area contributed by atoms with E-state index in [1.807, 2.05) is 24.4 Å². The highest BCUT2D eigenvalue weighted by Crippen LogP contribution is 2.22. The van der Waals surface area contributed by atoms with Crippen molar-refractivity contribution in [1.82, 2.24) is 15.2 Å². The molecule has 178 valence electrons. The maximum atomic E-state index is 13.1. The first-order valence-corrected chi connectivity index (χ1v) is 12.4. The van der Waals surface area contributed by atoms with Crippen LogP contribution in [0, 0.1) is 0 Å². The van der Waals surface area contributed by atoms with Crippen LogP contribution < -0.4 is 16.1 Å². The van der Waals surface area contributed by atoms with E-state index in [0.717, 1.165) is 24.1 Å². The minimum absolute atomic E-state index is 0.0273. The van der Waals surface area contributed by atoms with Gasteiger partial charge in [-0.3, -0.25) is 14.4 Å². The molecule has 0 fully saturated rings. The van der Waals surface area contributed by atoms with E-state index in [-0.39, 0.29) is 17.2 Å². The van der Waals surface area contributed by atoms with Crippen molar-refractivity contribution in [2.45, 2.75) is 58.0 Å². The Morgan fingerprint density at radius 3 is 2.64 bits per heavy atom. The van der Waals surface area contributed by atoms with Crippen LogP contribution in [-0.4, -0.2) is 36.6 Å². The lowest BCUT2D eigenvalue weighted by atomic mass is 9.97. The van der Waals surface area contributed by atoms with Crippen LogP contribution in [0.25, 0.3) is 0 Å². The van der Waals surface area contributed by atoms with Gasteiger partial charge in [-0.2, -0.15) is 0 Å². The van der Waals surface area contributed by atoms with Gasteiger partial charge in [-0.05, 0) is 50.0 Å². The summed E-state index contributed by atoms with van der Waals surface area (Å²) >= 11 is 1.56. The van der Waals surface area contributed by atoms with E-state index in [0.29, 0.717) is 26.1 Å². The Balaban J connectivity index is 1.78. The Labute approximate surface area is 198 Å². The molecular weight excluding hydrogens is 438 g/mol. The number of ether oxygens (including phenoxy) is 1. The number of rotatable bonds is 11. The summed E-state index contributed by atoms with van der Waals surface area (Å²) in [6.45, 7) is 3.26. The lowest BCUT2D eigenvalue weighted by molar-refractivity contribution is 0.0934. The third-order valence-electron chi connectivity index (χ3n) is 5.84. The second-order valence-corrected chi connectivity index (χ2v) is 9.19. The predicted octanol–water partition coefficient (Wildman–Crippen LogP) is 4.06. The summed E-state index contributed by atoms with van der Waals surface area (Å²) in [6.07, 6.45) is 11.3. The molecule has 3 rings (SSSR count). The number of pyridine rings is 1. The second kappa shape index (κ2) is 12.5. The van der Waals surface area contributed by atoms with Crippen molar-refractivity contribution >= 4 is 23.2 Å². The standard InChI is InChI=1S/C25H33N3O4S/c1-3-21(22-10-7-15-33-22)27-25(31)20-17-28(13-14-32-2)16-19(23(20)29)24(30)26-12-11-18-8-5-4-6-9-18/h7-8,10,15-17,21H,3-6,9,11-14H2,1-2H3,(H,26,30)(H,27,31)/t21-/m0/s1. The molecular formula is C25H33N3O4S. The van der Waals surface area contributed by atoms with Gasteiger partial charge >= 0.3 is 0 Å². The van der Waals surface area contributed by atoms with Crippen molar-refractivity contribution in [1.29, 1.82) is 0 Å². The molecule has 0 spiro atoms. The third kappa shape index (κ3) is 6.88. The fraction of sp³-hybridized carbons (Fsp3) is 0.480. The van der Waals surface area contributed by atoms with Gasteiger partial charge in [0, 0.05) is 37.5 Å². The maximum absolute atomic E-state index is 13.1. The molecule has 1 atom stereocenters. The summed E-state index contributed by atoms with van der Waals surface area (Å²) in [7, 11) is 1.58. The largest absolute Gasteiger partial charge is 0.383 e. The molecule has 2 N–H and O–H groups in total. The summed E-state index contributed by atoms with van der Waals surface area (Å²) < 4.78 is 6.81. The van der Waals surface area contributed by atoms with Gasteiger partial charge in [0.1, 0.15) is 11.1 Å². The highest BCUT2D eigenvalue weighted by molar-refractivity contribution is 7.10. The van der Waals surface area contributed by atoms with Crippen LogP contribution in [-0.2, 0) is 11.3 Å². The molecule has 2 aromatic heterocycles. The second-order valence-electron chi connectivity index (χ2n) is 8.21. The first kappa shape index (κ1) is 24.9. The van der Waals surface area contributed by atoms with Gasteiger partial charge in [0.25, 0.3) is 11.8 Å². The highest BCUT2D eigenvalue weighted by Gasteiger charge is 2.22. The zero-order valence-electron chi connectivity index (χ0n) is 19.4.